The van der Waals surface area contributed by atoms with E-state index in [4.69, 9.17) is 0 Å². The Morgan fingerprint density at radius 2 is 0.441 bits per heavy atom. The standard InChI is InChI=1S/C31H21N.2C27H19N.2C23H17N/c1-20-19-28-29-25-16-8-6-14-23(25)24-15-7-10-18-27(24)31(29)32(21-11-3-2-4-12-21)30(28)26-17-9-5-13-22(20)26;1-18-15-16-25-24(17-18)26-22-13-7-5-11-20(22)21-12-6-8-14-23(21)27(26)28(25)19-9-3-2-4-10-19;1-18-17-25-24-16-15-19-9-5-6-13-22(19)26(24)28(20-10-3-2-4-11-20)27(25)23-14-8-7-12-21(18)23;1-16-11-14-22-21(15-16)20-13-12-17-7-5-6-10-19(17)23(20)24(22)18-8-3-2-4-9-18;1-24-21-13-12-18(16-7-3-2-4-8-16)15-20(21)23-19-10-6-5-9-17(19)11-14-22(23)24/h2-19H,1H3;2*2-17H,1H3;2*2-15H,1H3. The maximum Gasteiger partial charge on any atom is 0.0626 e. The number of hydrogen-bond acceptors (Lipinski definition) is 0. The number of rotatable bonds is 5. The molecule has 29 aromatic rings. The first-order chi connectivity index (χ1) is 67.1. The van der Waals surface area contributed by atoms with Crippen molar-refractivity contribution in [2.45, 2.75) is 27.7 Å². The number of hydrogen-bond donors (Lipinski definition) is 0. The van der Waals surface area contributed by atoms with Crippen LogP contribution in [-0.2, 0) is 7.05 Å². The van der Waals surface area contributed by atoms with Gasteiger partial charge in [0, 0.05) is 127 Å². The van der Waals surface area contributed by atoms with Crippen molar-refractivity contribution in [1.29, 1.82) is 0 Å². The molecule has 0 radical (unpaired) electrons. The third-order valence-electron chi connectivity index (χ3n) is 28.4. The van der Waals surface area contributed by atoms with E-state index in [-0.39, 0.29) is 0 Å². The number of aromatic nitrogens is 5. The molecule has 29 rings (SSSR count). The molecule has 0 aliphatic carbocycles. The van der Waals surface area contributed by atoms with Gasteiger partial charge in [-0.1, -0.05) is 381 Å². The molecule has 24 aromatic carbocycles. The van der Waals surface area contributed by atoms with Gasteiger partial charge in [-0.2, -0.15) is 0 Å². The highest BCUT2D eigenvalue weighted by atomic mass is 15.0. The SMILES string of the molecule is Cc1cc2c3c4ccccc4c4ccccc4c3n(-c3ccccc3)c2c2ccccc12.Cc1cc2c3ccc4ccccc4c3n(-c3ccccc3)c2c2ccccc12.Cc1ccc2c(c1)c1c3ccccc3c3ccccc3c1n2-c1ccccc1.Cc1ccc2c(c1)c1ccc3ccccc3c1n2-c1ccccc1.Cn1c2ccc(-c3ccccc3)cc2c2c3ccccc3ccc21. The van der Waals surface area contributed by atoms with Crippen molar-refractivity contribution < 1.29 is 0 Å². The van der Waals surface area contributed by atoms with Gasteiger partial charge in [0.05, 0.1) is 44.1 Å². The zero-order valence-corrected chi connectivity index (χ0v) is 76.3. The van der Waals surface area contributed by atoms with Crippen molar-refractivity contribution in [2.24, 2.45) is 7.05 Å². The minimum absolute atomic E-state index is 1.20. The summed E-state index contributed by atoms with van der Waals surface area (Å²) in [4.78, 5) is 0. The van der Waals surface area contributed by atoms with Crippen LogP contribution in [0, 0.1) is 27.7 Å². The first-order valence-electron chi connectivity index (χ1n) is 47.2. The maximum absolute atomic E-state index is 2.49. The Bertz CT molecular complexity index is 9840. The maximum atomic E-state index is 2.49. The third-order valence-corrected chi connectivity index (χ3v) is 28.4. The highest BCUT2D eigenvalue weighted by Crippen LogP contribution is 2.49. The molecule has 0 amide bonds. The summed E-state index contributed by atoms with van der Waals surface area (Å²) in [5.41, 5.74) is 25.4. The van der Waals surface area contributed by atoms with E-state index in [2.05, 4.69) is 531 Å². The second kappa shape index (κ2) is 33.2. The Morgan fingerprint density at radius 3 is 0.941 bits per heavy atom. The zero-order valence-electron chi connectivity index (χ0n) is 76.3. The number of para-hydroxylation sites is 4. The smallest absolute Gasteiger partial charge is 0.0626 e. The summed E-state index contributed by atoms with van der Waals surface area (Å²) in [7, 11) is 2.15. The molecular formula is C131H93N5. The normalized spacial score (nSPS) is 11.7. The predicted octanol–water partition coefficient (Wildman–Crippen LogP) is 35.7. The van der Waals surface area contributed by atoms with Crippen LogP contribution in [0.1, 0.15) is 22.3 Å². The molecule has 5 heterocycles. The molecule has 5 nitrogen and oxygen atoms in total. The van der Waals surface area contributed by atoms with Gasteiger partial charge in [0.1, 0.15) is 0 Å². The number of fused-ring (bicyclic) bond motifs is 35. The molecule has 136 heavy (non-hydrogen) atoms. The van der Waals surface area contributed by atoms with Crippen molar-refractivity contribution in [1.82, 2.24) is 22.8 Å². The van der Waals surface area contributed by atoms with Gasteiger partial charge in [-0.05, 0) is 218 Å². The van der Waals surface area contributed by atoms with Crippen LogP contribution >= 0.6 is 0 Å². The van der Waals surface area contributed by atoms with Crippen molar-refractivity contribution in [3.63, 3.8) is 0 Å². The Hall–Kier alpha value is -17.4. The number of benzene rings is 24. The second-order valence-electron chi connectivity index (χ2n) is 36.3. The Balaban J connectivity index is 0.0000000909. The lowest BCUT2D eigenvalue weighted by Crippen LogP contribution is -1.95. The topological polar surface area (TPSA) is 24.6 Å². The minimum Gasteiger partial charge on any atom is -0.344 e. The molecule has 0 spiro atoms. The number of aryl methyl sites for hydroxylation is 5. The first-order valence-corrected chi connectivity index (χ1v) is 47.2. The average molecular weight is 1740 g/mol. The van der Waals surface area contributed by atoms with Crippen molar-refractivity contribution in [3.8, 4) is 33.9 Å². The van der Waals surface area contributed by atoms with E-state index < -0.39 is 0 Å². The van der Waals surface area contributed by atoms with E-state index in [0.717, 1.165) is 0 Å². The van der Waals surface area contributed by atoms with E-state index in [1.54, 1.807) is 0 Å². The highest BCUT2D eigenvalue weighted by Gasteiger charge is 2.25. The van der Waals surface area contributed by atoms with Crippen LogP contribution in [-0.4, -0.2) is 22.8 Å². The molecule has 0 aliphatic rings. The van der Waals surface area contributed by atoms with Gasteiger partial charge in [-0.3, -0.25) is 0 Å². The summed E-state index contributed by atoms with van der Waals surface area (Å²) >= 11 is 0. The fourth-order valence-corrected chi connectivity index (χ4v) is 22.4. The summed E-state index contributed by atoms with van der Waals surface area (Å²) in [6.07, 6.45) is 0. The van der Waals surface area contributed by atoms with Crippen LogP contribution in [0.25, 0.3) is 240 Å². The van der Waals surface area contributed by atoms with Crippen LogP contribution < -0.4 is 0 Å². The quantitative estimate of drug-likeness (QED) is 0.153. The molecule has 0 bridgehead atoms. The molecule has 0 unspecified atom stereocenters. The molecular weight excluding hydrogens is 1640 g/mol. The lowest BCUT2D eigenvalue weighted by atomic mass is 9.95. The van der Waals surface area contributed by atoms with Gasteiger partial charge in [0.25, 0.3) is 0 Å². The Kier molecular flexibility index (Phi) is 19.7. The van der Waals surface area contributed by atoms with Gasteiger partial charge in [-0.25, -0.2) is 0 Å². The largest absolute Gasteiger partial charge is 0.344 e. The summed E-state index contributed by atoms with van der Waals surface area (Å²) in [6.45, 7) is 8.78. The summed E-state index contributed by atoms with van der Waals surface area (Å²) in [5, 5.41) is 36.7. The van der Waals surface area contributed by atoms with Gasteiger partial charge in [-0.15, -0.1) is 0 Å². The van der Waals surface area contributed by atoms with Gasteiger partial charge < -0.3 is 22.8 Å². The summed E-state index contributed by atoms with van der Waals surface area (Å²) in [5.74, 6) is 0. The van der Waals surface area contributed by atoms with Gasteiger partial charge in [0.15, 0.2) is 0 Å². The lowest BCUT2D eigenvalue weighted by Gasteiger charge is -2.13. The van der Waals surface area contributed by atoms with Gasteiger partial charge >= 0.3 is 0 Å². The molecule has 0 saturated heterocycles. The molecule has 0 saturated carbocycles. The monoisotopic (exact) mass is 1740 g/mol. The molecule has 0 aliphatic heterocycles. The summed E-state index contributed by atoms with van der Waals surface area (Å²) in [6, 6.07) is 171. The lowest BCUT2D eigenvalue weighted by molar-refractivity contribution is 1.01. The molecule has 0 atom stereocenters. The van der Waals surface area contributed by atoms with Crippen LogP contribution in [0.4, 0.5) is 0 Å². The van der Waals surface area contributed by atoms with E-state index in [1.807, 2.05) is 0 Å². The van der Waals surface area contributed by atoms with Crippen LogP contribution in [0.5, 0.6) is 0 Å². The zero-order chi connectivity index (χ0) is 90.8. The highest BCUT2D eigenvalue weighted by molar-refractivity contribution is 6.36. The van der Waals surface area contributed by atoms with E-state index in [9.17, 15) is 0 Å². The molecule has 5 heteroatoms. The molecule has 642 valence electrons. The van der Waals surface area contributed by atoms with Crippen molar-refractivity contribution in [2.75, 3.05) is 0 Å². The molecule has 0 N–H and O–H groups in total. The third kappa shape index (κ3) is 13.2. The fourth-order valence-electron chi connectivity index (χ4n) is 22.4. The first kappa shape index (κ1) is 80.7. The van der Waals surface area contributed by atoms with Crippen molar-refractivity contribution in [3.05, 3.63) is 495 Å². The molecule has 0 fully saturated rings. The number of nitrogens with zero attached hydrogens (tertiary/aromatic N) is 5. The Labute approximate surface area is 787 Å². The predicted molar refractivity (Wildman–Crippen MR) is 585 cm³/mol. The van der Waals surface area contributed by atoms with Crippen LogP contribution in [0.2, 0.25) is 0 Å². The fraction of sp³-hybridized carbons (Fsp3) is 0.0382. The summed E-state index contributed by atoms with van der Waals surface area (Å²) < 4.78 is 12.1. The van der Waals surface area contributed by atoms with Gasteiger partial charge in [0.2, 0.25) is 0 Å². The van der Waals surface area contributed by atoms with E-state index in [1.165, 1.54) is 262 Å². The second-order valence-corrected chi connectivity index (χ2v) is 36.3. The Morgan fingerprint density at radius 1 is 0.147 bits per heavy atom. The van der Waals surface area contributed by atoms with Crippen LogP contribution in [0.3, 0.4) is 0 Å². The van der Waals surface area contributed by atoms with Crippen LogP contribution in [0.15, 0.2) is 473 Å². The van der Waals surface area contributed by atoms with E-state index >= 15 is 0 Å². The minimum atomic E-state index is 1.20. The average Bonchev–Trinajstić information content (AvgIpc) is 1.54. The van der Waals surface area contributed by atoms with E-state index in [0.29, 0.717) is 0 Å². The molecule has 5 aromatic heterocycles. The van der Waals surface area contributed by atoms with Crippen molar-refractivity contribution >= 4 is 206 Å².